The van der Waals surface area contributed by atoms with Gasteiger partial charge in [0, 0.05) is 39.1 Å². The van der Waals surface area contributed by atoms with Crippen LogP contribution in [-0.2, 0) is 11.3 Å². The fourth-order valence-corrected chi connectivity index (χ4v) is 3.74. The summed E-state index contributed by atoms with van der Waals surface area (Å²) in [4.78, 5) is 17.1. The first kappa shape index (κ1) is 17.9. The molecule has 1 fully saturated rings. The summed E-state index contributed by atoms with van der Waals surface area (Å²) in [5.41, 5.74) is 2.45. The molecule has 27 heavy (non-hydrogen) atoms. The molecule has 4 rings (SSSR count). The molecule has 1 amide bonds. The van der Waals surface area contributed by atoms with Crippen molar-refractivity contribution in [3.8, 4) is 11.5 Å². The van der Waals surface area contributed by atoms with Crippen LogP contribution < -0.4 is 9.47 Å². The van der Waals surface area contributed by atoms with Crippen LogP contribution in [0.25, 0.3) is 0 Å². The number of piperazine rings is 1. The van der Waals surface area contributed by atoms with Gasteiger partial charge in [-0.15, -0.1) is 0 Å². The van der Waals surface area contributed by atoms with E-state index in [9.17, 15) is 4.79 Å². The maximum absolute atomic E-state index is 12.7. The molecule has 0 spiro atoms. The zero-order valence-corrected chi connectivity index (χ0v) is 15.8. The second kappa shape index (κ2) is 8.01. The van der Waals surface area contributed by atoms with Crippen LogP contribution in [0, 0.1) is 0 Å². The Morgan fingerprint density at radius 2 is 1.74 bits per heavy atom. The zero-order chi connectivity index (χ0) is 18.6. The number of carbonyl (C=O) groups excluding carboxylic acids is 1. The standard InChI is InChI=1S/C22H26N2O3/c1-17(19-5-3-2-4-6-19)13-22(25)24-11-9-23(10-12-24)15-18-7-8-20-21(14-18)27-16-26-20/h2-8,14,17H,9-13,15-16H2,1H3/t17-/m1/s1. The summed E-state index contributed by atoms with van der Waals surface area (Å²) in [6.07, 6.45) is 0.576. The van der Waals surface area contributed by atoms with Crippen molar-refractivity contribution in [2.24, 2.45) is 0 Å². The van der Waals surface area contributed by atoms with Crippen LogP contribution in [0.1, 0.15) is 30.4 Å². The number of rotatable bonds is 5. The highest BCUT2D eigenvalue weighted by Crippen LogP contribution is 2.32. The molecule has 2 aromatic rings. The van der Waals surface area contributed by atoms with Crippen molar-refractivity contribution in [1.29, 1.82) is 0 Å². The van der Waals surface area contributed by atoms with Crippen molar-refractivity contribution < 1.29 is 14.3 Å². The second-order valence-electron chi connectivity index (χ2n) is 7.36. The third kappa shape index (κ3) is 4.25. The number of hydrogen-bond donors (Lipinski definition) is 0. The Balaban J connectivity index is 1.26. The Morgan fingerprint density at radius 1 is 1.00 bits per heavy atom. The average molecular weight is 366 g/mol. The van der Waals surface area contributed by atoms with Gasteiger partial charge < -0.3 is 14.4 Å². The van der Waals surface area contributed by atoms with E-state index in [-0.39, 0.29) is 11.8 Å². The maximum atomic E-state index is 12.7. The minimum Gasteiger partial charge on any atom is -0.454 e. The molecule has 5 heteroatoms. The Kier molecular flexibility index (Phi) is 5.30. The Labute approximate surface area is 160 Å². The summed E-state index contributed by atoms with van der Waals surface area (Å²) in [6, 6.07) is 16.4. The molecule has 2 aliphatic heterocycles. The lowest BCUT2D eigenvalue weighted by Crippen LogP contribution is -2.48. The van der Waals surface area contributed by atoms with Gasteiger partial charge in [0.25, 0.3) is 0 Å². The van der Waals surface area contributed by atoms with Crippen LogP contribution in [0.15, 0.2) is 48.5 Å². The van der Waals surface area contributed by atoms with E-state index in [1.165, 1.54) is 11.1 Å². The molecule has 5 nitrogen and oxygen atoms in total. The van der Waals surface area contributed by atoms with Crippen LogP contribution >= 0.6 is 0 Å². The Bertz CT molecular complexity index is 785. The van der Waals surface area contributed by atoms with E-state index in [4.69, 9.17) is 9.47 Å². The average Bonchev–Trinajstić information content (AvgIpc) is 3.17. The van der Waals surface area contributed by atoms with Gasteiger partial charge in [0.2, 0.25) is 12.7 Å². The Hall–Kier alpha value is -2.53. The van der Waals surface area contributed by atoms with Crippen molar-refractivity contribution in [2.75, 3.05) is 33.0 Å². The molecule has 142 valence electrons. The summed E-state index contributed by atoms with van der Waals surface area (Å²) in [6.45, 7) is 6.71. The van der Waals surface area contributed by atoms with Gasteiger partial charge in [-0.05, 0) is 29.2 Å². The van der Waals surface area contributed by atoms with Crippen LogP contribution in [0.5, 0.6) is 11.5 Å². The molecule has 0 unspecified atom stereocenters. The molecule has 0 saturated carbocycles. The molecule has 0 aromatic heterocycles. The summed E-state index contributed by atoms with van der Waals surface area (Å²) in [7, 11) is 0. The van der Waals surface area contributed by atoms with Crippen molar-refractivity contribution >= 4 is 5.91 Å². The van der Waals surface area contributed by atoms with E-state index in [2.05, 4.69) is 36.1 Å². The number of ether oxygens (including phenoxy) is 2. The molecule has 2 aliphatic rings. The molecule has 2 heterocycles. The monoisotopic (exact) mass is 366 g/mol. The molecular weight excluding hydrogens is 340 g/mol. The summed E-state index contributed by atoms with van der Waals surface area (Å²) < 4.78 is 10.8. The van der Waals surface area contributed by atoms with E-state index in [0.29, 0.717) is 13.2 Å². The molecule has 1 atom stereocenters. The van der Waals surface area contributed by atoms with Gasteiger partial charge in [0.05, 0.1) is 0 Å². The van der Waals surface area contributed by atoms with Gasteiger partial charge in [-0.2, -0.15) is 0 Å². The van der Waals surface area contributed by atoms with E-state index in [0.717, 1.165) is 44.2 Å². The number of fused-ring (bicyclic) bond motifs is 1. The van der Waals surface area contributed by atoms with E-state index >= 15 is 0 Å². The van der Waals surface area contributed by atoms with Gasteiger partial charge in [-0.25, -0.2) is 0 Å². The van der Waals surface area contributed by atoms with Crippen LogP contribution in [-0.4, -0.2) is 48.7 Å². The summed E-state index contributed by atoms with van der Waals surface area (Å²) in [5.74, 6) is 2.16. The van der Waals surface area contributed by atoms with Crippen LogP contribution in [0.4, 0.5) is 0 Å². The highest BCUT2D eigenvalue weighted by molar-refractivity contribution is 5.77. The number of benzene rings is 2. The minimum atomic E-state index is 0.255. The van der Waals surface area contributed by atoms with Gasteiger partial charge in [0.15, 0.2) is 11.5 Å². The van der Waals surface area contributed by atoms with Gasteiger partial charge in [-0.1, -0.05) is 43.3 Å². The first-order chi connectivity index (χ1) is 13.2. The summed E-state index contributed by atoms with van der Waals surface area (Å²) in [5, 5.41) is 0. The lowest BCUT2D eigenvalue weighted by Gasteiger charge is -2.35. The third-order valence-corrected chi connectivity index (χ3v) is 5.42. The number of amides is 1. The van der Waals surface area contributed by atoms with Crippen molar-refractivity contribution in [3.05, 3.63) is 59.7 Å². The second-order valence-corrected chi connectivity index (χ2v) is 7.36. The van der Waals surface area contributed by atoms with Crippen LogP contribution in [0.2, 0.25) is 0 Å². The largest absolute Gasteiger partial charge is 0.454 e. The van der Waals surface area contributed by atoms with Crippen molar-refractivity contribution in [2.45, 2.75) is 25.8 Å². The molecule has 2 aromatic carbocycles. The van der Waals surface area contributed by atoms with E-state index < -0.39 is 0 Å². The Morgan fingerprint density at radius 3 is 2.52 bits per heavy atom. The zero-order valence-electron chi connectivity index (χ0n) is 15.8. The van der Waals surface area contributed by atoms with Gasteiger partial charge in [0.1, 0.15) is 0 Å². The van der Waals surface area contributed by atoms with E-state index in [1.807, 2.05) is 29.2 Å². The quantitative estimate of drug-likeness (QED) is 0.815. The van der Waals surface area contributed by atoms with E-state index in [1.54, 1.807) is 0 Å². The van der Waals surface area contributed by atoms with Crippen LogP contribution in [0.3, 0.4) is 0 Å². The molecule has 0 N–H and O–H groups in total. The first-order valence-corrected chi connectivity index (χ1v) is 9.62. The number of carbonyl (C=O) groups is 1. The molecule has 0 bridgehead atoms. The number of hydrogen-bond acceptors (Lipinski definition) is 4. The lowest BCUT2D eigenvalue weighted by molar-refractivity contribution is -0.133. The SMILES string of the molecule is C[C@H](CC(=O)N1CCN(Cc2ccc3c(c2)OCO3)CC1)c1ccccc1. The molecular formula is C22H26N2O3. The fraction of sp³-hybridized carbons (Fsp3) is 0.409. The predicted octanol–water partition coefficient (Wildman–Crippen LogP) is 3.25. The van der Waals surface area contributed by atoms with Crippen molar-refractivity contribution in [1.82, 2.24) is 9.80 Å². The summed E-state index contributed by atoms with van der Waals surface area (Å²) >= 11 is 0. The predicted molar refractivity (Wildman–Crippen MR) is 104 cm³/mol. The first-order valence-electron chi connectivity index (χ1n) is 9.62. The molecule has 0 aliphatic carbocycles. The van der Waals surface area contributed by atoms with Gasteiger partial charge >= 0.3 is 0 Å². The highest BCUT2D eigenvalue weighted by atomic mass is 16.7. The topological polar surface area (TPSA) is 42.0 Å². The molecule has 0 radical (unpaired) electrons. The fourth-order valence-electron chi connectivity index (χ4n) is 3.74. The smallest absolute Gasteiger partial charge is 0.231 e. The maximum Gasteiger partial charge on any atom is 0.231 e. The third-order valence-electron chi connectivity index (χ3n) is 5.42. The van der Waals surface area contributed by atoms with Gasteiger partial charge in [-0.3, -0.25) is 9.69 Å². The normalized spacial score (nSPS) is 17.7. The highest BCUT2D eigenvalue weighted by Gasteiger charge is 2.23. The minimum absolute atomic E-state index is 0.255. The lowest BCUT2D eigenvalue weighted by atomic mass is 9.97. The number of nitrogens with zero attached hydrogens (tertiary/aromatic N) is 2. The molecule has 1 saturated heterocycles. The van der Waals surface area contributed by atoms with Crippen molar-refractivity contribution in [3.63, 3.8) is 0 Å².